The van der Waals surface area contributed by atoms with Crippen LogP contribution in [0.2, 0.25) is 0 Å². The number of carbonyl (C=O) groups is 2. The van der Waals surface area contributed by atoms with Gasteiger partial charge in [-0.15, -0.1) is 0 Å². The van der Waals surface area contributed by atoms with Crippen molar-refractivity contribution in [3.05, 3.63) is 12.2 Å². The molecule has 4 rings (SSSR count). The van der Waals surface area contributed by atoms with Crippen LogP contribution in [0.15, 0.2) is 12.2 Å². The van der Waals surface area contributed by atoms with Crippen molar-refractivity contribution < 1.29 is 14.3 Å². The molecule has 4 aliphatic rings. The molecule has 0 N–H and O–H groups in total. The highest BCUT2D eigenvalue weighted by atomic mass is 16.5. The zero-order valence-corrected chi connectivity index (χ0v) is 15.2. The van der Waals surface area contributed by atoms with E-state index in [1.807, 2.05) is 0 Å². The van der Waals surface area contributed by atoms with E-state index in [-0.39, 0.29) is 28.6 Å². The Morgan fingerprint density at radius 3 is 2.67 bits per heavy atom. The number of allylic oxidation sites excluding steroid dienone is 2. The molecule has 0 saturated heterocycles. The first-order valence-corrected chi connectivity index (χ1v) is 9.67. The van der Waals surface area contributed by atoms with E-state index in [0.29, 0.717) is 30.0 Å². The zero-order valence-electron chi connectivity index (χ0n) is 15.2. The molecule has 4 aliphatic carbocycles. The number of carbonyl (C=O) groups excluding carboxylic acids is 2. The topological polar surface area (TPSA) is 43.4 Å². The third-order valence-electron chi connectivity index (χ3n) is 8.38. The van der Waals surface area contributed by atoms with E-state index < -0.39 is 0 Å². The van der Waals surface area contributed by atoms with Crippen molar-refractivity contribution in [1.82, 2.24) is 0 Å². The zero-order chi connectivity index (χ0) is 17.1. The standard InChI is InChI=1S/C21H30O3/c1-20-11-5-4-6-13(20)7-8-14-15-9-10-16(19(23)24-3)21(15,2)12-17(22)18(14)20/h4-5,13-16,18H,6-12H2,1-3H3/t13-,14+,15+,16-,18-,20+,21+/m1/s1. The van der Waals surface area contributed by atoms with Crippen LogP contribution in [0.3, 0.4) is 0 Å². The van der Waals surface area contributed by atoms with Gasteiger partial charge in [-0.2, -0.15) is 0 Å². The monoisotopic (exact) mass is 330 g/mol. The molecular weight excluding hydrogens is 300 g/mol. The molecule has 0 aliphatic heterocycles. The average Bonchev–Trinajstić information content (AvgIpc) is 2.89. The maximum atomic E-state index is 13.3. The Hall–Kier alpha value is -1.12. The summed E-state index contributed by atoms with van der Waals surface area (Å²) in [6.07, 6.45) is 11.8. The Bertz CT molecular complexity index is 594. The molecule has 0 heterocycles. The lowest BCUT2D eigenvalue weighted by Crippen LogP contribution is -2.56. The largest absolute Gasteiger partial charge is 0.469 e. The molecular formula is C21H30O3. The highest BCUT2D eigenvalue weighted by Crippen LogP contribution is 2.65. The van der Waals surface area contributed by atoms with E-state index in [1.165, 1.54) is 20.0 Å². The Labute approximate surface area is 145 Å². The molecule has 0 aromatic carbocycles. The van der Waals surface area contributed by atoms with Crippen molar-refractivity contribution in [2.75, 3.05) is 7.11 Å². The second-order valence-electron chi connectivity index (χ2n) is 9.24. The van der Waals surface area contributed by atoms with Crippen LogP contribution in [-0.4, -0.2) is 18.9 Å². The van der Waals surface area contributed by atoms with Crippen molar-refractivity contribution in [1.29, 1.82) is 0 Å². The van der Waals surface area contributed by atoms with Crippen molar-refractivity contribution >= 4 is 11.8 Å². The number of hydrogen-bond donors (Lipinski definition) is 0. The normalized spacial score (nSPS) is 50.0. The van der Waals surface area contributed by atoms with Gasteiger partial charge in [-0.3, -0.25) is 9.59 Å². The fourth-order valence-corrected chi connectivity index (χ4v) is 7.19. The van der Waals surface area contributed by atoms with Gasteiger partial charge < -0.3 is 4.74 Å². The first-order chi connectivity index (χ1) is 11.4. The van der Waals surface area contributed by atoms with Crippen molar-refractivity contribution in [3.63, 3.8) is 0 Å². The van der Waals surface area contributed by atoms with Gasteiger partial charge in [0, 0.05) is 12.3 Å². The lowest BCUT2D eigenvalue weighted by atomic mass is 9.45. The highest BCUT2D eigenvalue weighted by molar-refractivity contribution is 5.86. The molecule has 132 valence electrons. The molecule has 0 spiro atoms. The maximum Gasteiger partial charge on any atom is 0.309 e. The second kappa shape index (κ2) is 5.44. The van der Waals surface area contributed by atoms with Gasteiger partial charge in [-0.05, 0) is 67.1 Å². The van der Waals surface area contributed by atoms with E-state index in [2.05, 4.69) is 26.0 Å². The first kappa shape index (κ1) is 16.4. The van der Waals surface area contributed by atoms with E-state index >= 15 is 0 Å². The number of fused-ring (bicyclic) bond motifs is 5. The molecule has 3 saturated carbocycles. The summed E-state index contributed by atoms with van der Waals surface area (Å²) in [6, 6.07) is 0. The van der Waals surface area contributed by atoms with E-state index in [9.17, 15) is 9.59 Å². The minimum absolute atomic E-state index is 0.0887. The van der Waals surface area contributed by atoms with Gasteiger partial charge in [-0.25, -0.2) is 0 Å². The van der Waals surface area contributed by atoms with Crippen LogP contribution in [0.4, 0.5) is 0 Å². The van der Waals surface area contributed by atoms with Gasteiger partial charge in [0.15, 0.2) is 0 Å². The highest BCUT2D eigenvalue weighted by Gasteiger charge is 2.63. The minimum atomic E-state index is -0.182. The number of rotatable bonds is 1. The average molecular weight is 330 g/mol. The summed E-state index contributed by atoms with van der Waals surface area (Å²) < 4.78 is 5.07. The molecule has 7 atom stereocenters. The van der Waals surface area contributed by atoms with Crippen LogP contribution >= 0.6 is 0 Å². The molecule has 0 aromatic rings. The number of hydrogen-bond acceptors (Lipinski definition) is 3. The summed E-state index contributed by atoms with van der Waals surface area (Å²) in [5, 5.41) is 0. The summed E-state index contributed by atoms with van der Waals surface area (Å²) in [6.45, 7) is 4.56. The third-order valence-corrected chi connectivity index (χ3v) is 8.38. The Morgan fingerprint density at radius 1 is 1.12 bits per heavy atom. The van der Waals surface area contributed by atoms with Gasteiger partial charge >= 0.3 is 5.97 Å². The quantitative estimate of drug-likeness (QED) is 0.535. The fourth-order valence-electron chi connectivity index (χ4n) is 7.19. The smallest absolute Gasteiger partial charge is 0.309 e. The summed E-state index contributed by atoms with van der Waals surface area (Å²) >= 11 is 0. The molecule has 0 amide bonds. The van der Waals surface area contributed by atoms with Crippen LogP contribution in [0.5, 0.6) is 0 Å². The van der Waals surface area contributed by atoms with Gasteiger partial charge in [-0.1, -0.05) is 26.0 Å². The first-order valence-electron chi connectivity index (χ1n) is 9.67. The molecule has 3 heteroatoms. The Kier molecular flexibility index (Phi) is 3.71. The number of methoxy groups -OCH3 is 1. The molecule has 0 radical (unpaired) electrons. The number of Topliss-reactive ketones (excluding diaryl/α,β-unsaturated/α-hetero) is 1. The molecule has 0 bridgehead atoms. The molecule has 0 aromatic heterocycles. The summed E-state index contributed by atoms with van der Waals surface area (Å²) in [5.41, 5.74) is -0.0432. The third kappa shape index (κ3) is 2.02. The van der Waals surface area contributed by atoms with E-state index in [4.69, 9.17) is 4.74 Å². The molecule has 24 heavy (non-hydrogen) atoms. The molecule has 0 unspecified atom stereocenters. The van der Waals surface area contributed by atoms with Gasteiger partial charge in [0.1, 0.15) is 5.78 Å². The number of esters is 1. The Morgan fingerprint density at radius 2 is 1.92 bits per heavy atom. The molecule has 3 nitrogen and oxygen atoms in total. The lowest BCUT2D eigenvalue weighted by Gasteiger charge is -2.58. The van der Waals surface area contributed by atoms with Gasteiger partial charge in [0.25, 0.3) is 0 Å². The van der Waals surface area contributed by atoms with Crippen LogP contribution < -0.4 is 0 Å². The van der Waals surface area contributed by atoms with Gasteiger partial charge in [0.2, 0.25) is 0 Å². The second-order valence-corrected chi connectivity index (χ2v) is 9.24. The number of ether oxygens (including phenoxy) is 1. The van der Waals surface area contributed by atoms with Crippen molar-refractivity contribution in [2.45, 2.75) is 58.8 Å². The summed E-state index contributed by atoms with van der Waals surface area (Å²) in [5.74, 6) is 2.08. The van der Waals surface area contributed by atoms with Crippen molar-refractivity contribution in [2.24, 2.45) is 40.4 Å². The van der Waals surface area contributed by atoms with Crippen molar-refractivity contribution in [3.8, 4) is 0 Å². The van der Waals surface area contributed by atoms with Crippen LogP contribution in [0, 0.1) is 40.4 Å². The lowest BCUT2D eigenvalue weighted by molar-refractivity contribution is -0.161. The SMILES string of the molecule is COC(=O)[C@H]1CC[C@H]2[C@@H]3CC[C@H]4CC=CC[C@]4(C)[C@H]3C(=O)C[C@]12C. The Balaban J connectivity index is 1.69. The predicted octanol–water partition coefficient (Wildman–Crippen LogP) is 4.16. The van der Waals surface area contributed by atoms with E-state index in [1.54, 1.807) is 0 Å². The minimum Gasteiger partial charge on any atom is -0.469 e. The summed E-state index contributed by atoms with van der Waals surface area (Å²) in [4.78, 5) is 25.6. The molecule has 3 fully saturated rings. The van der Waals surface area contributed by atoms with Crippen LogP contribution in [0.25, 0.3) is 0 Å². The predicted molar refractivity (Wildman–Crippen MR) is 92.1 cm³/mol. The van der Waals surface area contributed by atoms with Gasteiger partial charge in [0.05, 0.1) is 13.0 Å². The van der Waals surface area contributed by atoms with Crippen LogP contribution in [-0.2, 0) is 14.3 Å². The van der Waals surface area contributed by atoms with Crippen LogP contribution in [0.1, 0.15) is 58.8 Å². The number of ketones is 1. The van der Waals surface area contributed by atoms with E-state index in [0.717, 1.165) is 25.7 Å². The summed E-state index contributed by atoms with van der Waals surface area (Å²) in [7, 11) is 1.48. The maximum absolute atomic E-state index is 13.3. The fraction of sp³-hybridized carbons (Fsp3) is 0.810.